The SMILES string of the molecule is O=CN(C=O)c1cccc(C#Cc2ccccc2)c1. The summed E-state index contributed by atoms with van der Waals surface area (Å²) in [6, 6.07) is 16.5. The molecule has 0 saturated carbocycles. The second-order valence-corrected chi connectivity index (χ2v) is 3.78. The molecule has 2 aromatic carbocycles. The number of nitrogens with zero attached hydrogens (tertiary/aromatic N) is 1. The lowest BCUT2D eigenvalue weighted by molar-refractivity contribution is -0.113. The molecule has 3 nitrogen and oxygen atoms in total. The van der Waals surface area contributed by atoms with Crippen molar-refractivity contribution in [1.29, 1.82) is 0 Å². The molecule has 3 heteroatoms. The maximum atomic E-state index is 10.7. The number of benzene rings is 2. The Hall–Kier alpha value is -2.86. The smallest absolute Gasteiger partial charge is 0.220 e. The molecule has 2 amide bonds. The summed E-state index contributed by atoms with van der Waals surface area (Å²) < 4.78 is 0. The van der Waals surface area contributed by atoms with Gasteiger partial charge in [-0.05, 0) is 30.3 Å². The van der Waals surface area contributed by atoms with E-state index in [4.69, 9.17) is 0 Å². The Morgan fingerprint density at radius 3 is 2.11 bits per heavy atom. The number of hydrogen-bond acceptors (Lipinski definition) is 2. The fourth-order valence-corrected chi connectivity index (χ4v) is 1.56. The van der Waals surface area contributed by atoms with Crippen molar-refractivity contribution in [2.24, 2.45) is 0 Å². The van der Waals surface area contributed by atoms with Crippen LogP contribution in [0.3, 0.4) is 0 Å². The van der Waals surface area contributed by atoms with Crippen molar-refractivity contribution in [2.45, 2.75) is 0 Å². The zero-order valence-corrected chi connectivity index (χ0v) is 10.1. The number of carbonyl (C=O) groups excluding carboxylic acids is 2. The van der Waals surface area contributed by atoms with Gasteiger partial charge in [-0.3, -0.25) is 14.5 Å². The van der Waals surface area contributed by atoms with Gasteiger partial charge in [-0.25, -0.2) is 0 Å². The number of rotatable bonds is 3. The maximum Gasteiger partial charge on any atom is 0.220 e. The van der Waals surface area contributed by atoms with E-state index in [2.05, 4.69) is 11.8 Å². The van der Waals surface area contributed by atoms with Crippen LogP contribution in [-0.4, -0.2) is 12.8 Å². The van der Waals surface area contributed by atoms with E-state index < -0.39 is 0 Å². The standard InChI is InChI=1S/C16H11NO2/c18-12-17(13-19)16-8-4-7-15(11-16)10-9-14-5-2-1-3-6-14/h1-8,11-13H. The summed E-state index contributed by atoms with van der Waals surface area (Å²) in [4.78, 5) is 22.3. The molecule has 0 aliphatic heterocycles. The summed E-state index contributed by atoms with van der Waals surface area (Å²) in [5.41, 5.74) is 2.16. The molecule has 0 saturated heterocycles. The molecule has 0 fully saturated rings. The molecule has 0 radical (unpaired) electrons. The molecular weight excluding hydrogens is 238 g/mol. The van der Waals surface area contributed by atoms with Crippen molar-refractivity contribution in [2.75, 3.05) is 4.90 Å². The van der Waals surface area contributed by atoms with Crippen LogP contribution in [0.15, 0.2) is 54.6 Å². The summed E-state index contributed by atoms with van der Waals surface area (Å²) >= 11 is 0. The van der Waals surface area contributed by atoms with E-state index in [1.807, 2.05) is 36.4 Å². The monoisotopic (exact) mass is 249 g/mol. The first kappa shape index (κ1) is 12.6. The summed E-state index contributed by atoms with van der Waals surface area (Å²) in [5, 5.41) is 0. The molecule has 0 N–H and O–H groups in total. The van der Waals surface area contributed by atoms with Crippen LogP contribution in [0.1, 0.15) is 11.1 Å². The van der Waals surface area contributed by atoms with Crippen molar-refractivity contribution in [1.82, 2.24) is 0 Å². The second kappa shape index (κ2) is 6.18. The van der Waals surface area contributed by atoms with E-state index in [9.17, 15) is 9.59 Å². The lowest BCUT2D eigenvalue weighted by Gasteiger charge is -2.08. The van der Waals surface area contributed by atoms with E-state index >= 15 is 0 Å². The van der Waals surface area contributed by atoms with Crippen LogP contribution >= 0.6 is 0 Å². The van der Waals surface area contributed by atoms with Crippen LogP contribution in [0.25, 0.3) is 0 Å². The number of carbonyl (C=O) groups is 2. The molecule has 92 valence electrons. The molecule has 2 rings (SSSR count). The van der Waals surface area contributed by atoms with Crippen molar-refractivity contribution in [3.05, 3.63) is 65.7 Å². The molecular formula is C16H11NO2. The summed E-state index contributed by atoms with van der Waals surface area (Å²) in [6.07, 6.45) is 0.938. The predicted octanol–water partition coefficient (Wildman–Crippen LogP) is 2.21. The van der Waals surface area contributed by atoms with Gasteiger partial charge in [-0.2, -0.15) is 0 Å². The van der Waals surface area contributed by atoms with Crippen LogP contribution in [0.4, 0.5) is 5.69 Å². The van der Waals surface area contributed by atoms with Gasteiger partial charge in [0, 0.05) is 11.1 Å². The average Bonchev–Trinajstić information content (AvgIpc) is 2.48. The average molecular weight is 249 g/mol. The van der Waals surface area contributed by atoms with Gasteiger partial charge in [0.05, 0.1) is 5.69 Å². The Labute approximate surface area is 111 Å². The van der Waals surface area contributed by atoms with E-state index in [1.165, 1.54) is 0 Å². The molecule has 0 aliphatic rings. The highest BCUT2D eigenvalue weighted by Crippen LogP contribution is 2.13. The molecule has 0 bridgehead atoms. The van der Waals surface area contributed by atoms with Crippen LogP contribution in [-0.2, 0) is 9.59 Å². The number of anilines is 1. The number of hydrogen-bond donors (Lipinski definition) is 0. The lowest BCUT2D eigenvalue weighted by Crippen LogP contribution is -2.18. The number of amides is 2. The first-order chi connectivity index (χ1) is 9.33. The Morgan fingerprint density at radius 2 is 1.42 bits per heavy atom. The maximum absolute atomic E-state index is 10.7. The third kappa shape index (κ3) is 3.30. The third-order valence-corrected chi connectivity index (χ3v) is 2.50. The van der Waals surface area contributed by atoms with Crippen molar-refractivity contribution in [3.8, 4) is 11.8 Å². The Kier molecular flexibility index (Phi) is 4.09. The zero-order chi connectivity index (χ0) is 13.5. The van der Waals surface area contributed by atoms with E-state index in [0.29, 0.717) is 18.5 Å². The minimum atomic E-state index is 0.469. The third-order valence-electron chi connectivity index (χ3n) is 2.50. The van der Waals surface area contributed by atoms with Crippen LogP contribution < -0.4 is 4.90 Å². The van der Waals surface area contributed by atoms with Crippen molar-refractivity contribution >= 4 is 18.5 Å². The minimum Gasteiger partial charge on any atom is -0.278 e. The van der Waals surface area contributed by atoms with E-state index in [-0.39, 0.29) is 0 Å². The molecule has 0 aliphatic carbocycles. The predicted molar refractivity (Wildman–Crippen MR) is 73.5 cm³/mol. The highest BCUT2D eigenvalue weighted by molar-refractivity contribution is 5.95. The molecule has 19 heavy (non-hydrogen) atoms. The van der Waals surface area contributed by atoms with Crippen LogP contribution in [0.5, 0.6) is 0 Å². The normalized spacial score (nSPS) is 9.05. The van der Waals surface area contributed by atoms with Gasteiger partial charge in [-0.1, -0.05) is 36.1 Å². The van der Waals surface area contributed by atoms with Gasteiger partial charge in [-0.15, -0.1) is 0 Å². The lowest BCUT2D eigenvalue weighted by atomic mass is 10.1. The molecule has 0 heterocycles. The highest BCUT2D eigenvalue weighted by Gasteiger charge is 2.02. The van der Waals surface area contributed by atoms with Gasteiger partial charge in [0.25, 0.3) is 0 Å². The van der Waals surface area contributed by atoms with Gasteiger partial charge < -0.3 is 0 Å². The molecule has 2 aromatic rings. The number of imide groups is 1. The first-order valence-electron chi connectivity index (χ1n) is 5.69. The van der Waals surface area contributed by atoms with Gasteiger partial charge >= 0.3 is 0 Å². The minimum absolute atomic E-state index is 0.469. The largest absolute Gasteiger partial charge is 0.278 e. The quantitative estimate of drug-likeness (QED) is 0.617. The summed E-state index contributed by atoms with van der Waals surface area (Å²) in [5.74, 6) is 6.01. The zero-order valence-electron chi connectivity index (χ0n) is 10.1. The fourth-order valence-electron chi connectivity index (χ4n) is 1.56. The Morgan fingerprint density at radius 1 is 0.789 bits per heavy atom. The van der Waals surface area contributed by atoms with Gasteiger partial charge in [0.1, 0.15) is 0 Å². The molecule has 0 spiro atoms. The molecule has 0 unspecified atom stereocenters. The summed E-state index contributed by atoms with van der Waals surface area (Å²) in [7, 11) is 0. The molecule has 0 atom stereocenters. The second-order valence-electron chi connectivity index (χ2n) is 3.78. The first-order valence-corrected chi connectivity index (χ1v) is 5.69. The van der Waals surface area contributed by atoms with Crippen molar-refractivity contribution in [3.63, 3.8) is 0 Å². The van der Waals surface area contributed by atoms with Crippen LogP contribution in [0.2, 0.25) is 0 Å². The van der Waals surface area contributed by atoms with E-state index in [1.54, 1.807) is 18.2 Å². The summed E-state index contributed by atoms with van der Waals surface area (Å²) in [6.45, 7) is 0. The molecule has 0 aromatic heterocycles. The Bertz CT molecular complexity index is 631. The van der Waals surface area contributed by atoms with Crippen molar-refractivity contribution < 1.29 is 9.59 Å². The van der Waals surface area contributed by atoms with Crippen LogP contribution in [0, 0.1) is 11.8 Å². The Balaban J connectivity index is 2.27. The van der Waals surface area contributed by atoms with E-state index in [0.717, 1.165) is 16.0 Å². The van der Waals surface area contributed by atoms with Gasteiger partial charge in [0.2, 0.25) is 12.8 Å². The van der Waals surface area contributed by atoms with Gasteiger partial charge in [0.15, 0.2) is 0 Å². The topological polar surface area (TPSA) is 37.4 Å². The highest BCUT2D eigenvalue weighted by atomic mass is 16.2. The fraction of sp³-hybridized carbons (Fsp3) is 0.